The van der Waals surface area contributed by atoms with Gasteiger partial charge in [-0.05, 0) is 26.3 Å². The number of urea groups is 1. The molecule has 0 aromatic carbocycles. The van der Waals surface area contributed by atoms with Crippen LogP contribution >= 0.6 is 0 Å². The molecule has 0 aromatic heterocycles. The van der Waals surface area contributed by atoms with Gasteiger partial charge in [0.1, 0.15) is 0 Å². The summed E-state index contributed by atoms with van der Waals surface area (Å²) >= 11 is 0. The smallest absolute Gasteiger partial charge is 0.320 e. The fourth-order valence-electron chi connectivity index (χ4n) is 3.20. The fraction of sp³-hybridized carbons (Fsp3) is 0.733. The average molecular weight is 295 g/mol. The van der Waals surface area contributed by atoms with Crippen LogP contribution in [0.15, 0.2) is 12.7 Å². The van der Waals surface area contributed by atoms with Crippen LogP contribution in [-0.4, -0.2) is 78.1 Å². The van der Waals surface area contributed by atoms with E-state index >= 15 is 0 Å². The Kier molecular flexibility index (Phi) is 4.88. The number of carboxylic acids is 1. The molecular weight excluding hydrogens is 270 g/mol. The minimum atomic E-state index is -0.859. The molecule has 0 aromatic rings. The molecule has 0 spiro atoms. The third-order valence-electron chi connectivity index (χ3n) is 4.61. The number of allylic oxidation sites excluding steroid dienone is 1. The van der Waals surface area contributed by atoms with E-state index in [4.69, 9.17) is 0 Å². The summed E-state index contributed by atoms with van der Waals surface area (Å²) in [5.41, 5.74) is -0.859. The number of piperazine rings is 1. The minimum absolute atomic E-state index is 0.0162. The van der Waals surface area contributed by atoms with Gasteiger partial charge in [0.25, 0.3) is 0 Å². The second kappa shape index (κ2) is 6.47. The lowest BCUT2D eigenvalue weighted by molar-refractivity contribution is -0.151. The number of hydrogen-bond acceptors (Lipinski definition) is 3. The Bertz CT molecular complexity index is 418. The zero-order chi connectivity index (χ0) is 15.5. The zero-order valence-corrected chi connectivity index (χ0v) is 12.8. The third-order valence-corrected chi connectivity index (χ3v) is 4.61. The number of carbonyl (C=O) groups is 2. The van der Waals surface area contributed by atoms with Crippen molar-refractivity contribution in [3.05, 3.63) is 12.7 Å². The Labute approximate surface area is 126 Å². The molecule has 2 saturated heterocycles. The van der Waals surface area contributed by atoms with Crippen molar-refractivity contribution in [3.8, 4) is 0 Å². The second-order valence-corrected chi connectivity index (χ2v) is 6.18. The Morgan fingerprint density at radius 1 is 1.19 bits per heavy atom. The molecule has 0 saturated carbocycles. The molecule has 0 bridgehead atoms. The van der Waals surface area contributed by atoms with Crippen molar-refractivity contribution in [3.63, 3.8) is 0 Å². The molecule has 1 N–H and O–H groups in total. The average Bonchev–Trinajstić information content (AvgIpc) is 2.48. The lowest BCUT2D eigenvalue weighted by Gasteiger charge is -2.42. The van der Waals surface area contributed by atoms with Crippen molar-refractivity contribution in [2.24, 2.45) is 5.41 Å². The number of hydrogen-bond donors (Lipinski definition) is 1. The van der Waals surface area contributed by atoms with Crippen LogP contribution in [0.25, 0.3) is 0 Å². The summed E-state index contributed by atoms with van der Waals surface area (Å²) in [5.74, 6) is -0.821. The van der Waals surface area contributed by atoms with Gasteiger partial charge in [-0.1, -0.05) is 6.08 Å². The molecule has 118 valence electrons. The van der Waals surface area contributed by atoms with E-state index in [0.717, 1.165) is 19.5 Å². The maximum absolute atomic E-state index is 12.6. The number of aliphatic carboxylic acids is 1. The van der Waals surface area contributed by atoms with E-state index < -0.39 is 11.4 Å². The predicted molar refractivity (Wildman–Crippen MR) is 80.2 cm³/mol. The van der Waals surface area contributed by atoms with Crippen LogP contribution in [0.1, 0.15) is 19.3 Å². The molecule has 0 radical (unpaired) electrons. The molecule has 21 heavy (non-hydrogen) atoms. The van der Waals surface area contributed by atoms with Gasteiger partial charge >= 0.3 is 12.0 Å². The summed E-state index contributed by atoms with van der Waals surface area (Å²) < 4.78 is 0. The highest BCUT2D eigenvalue weighted by Crippen LogP contribution is 2.34. The van der Waals surface area contributed by atoms with Gasteiger partial charge in [0, 0.05) is 39.3 Å². The lowest BCUT2D eigenvalue weighted by atomic mass is 9.77. The number of likely N-dealkylation sites (tertiary alicyclic amines) is 1. The number of amides is 2. The molecule has 6 nitrogen and oxygen atoms in total. The first-order chi connectivity index (χ1) is 9.98. The van der Waals surface area contributed by atoms with Gasteiger partial charge in [-0.15, -0.1) is 6.58 Å². The number of likely N-dealkylation sites (N-methyl/N-ethyl adjacent to an activating group) is 1. The van der Waals surface area contributed by atoms with Crippen LogP contribution in [0.5, 0.6) is 0 Å². The number of carbonyl (C=O) groups excluding carboxylic acids is 1. The van der Waals surface area contributed by atoms with Gasteiger partial charge < -0.3 is 19.8 Å². The Morgan fingerprint density at radius 2 is 1.86 bits per heavy atom. The van der Waals surface area contributed by atoms with Crippen LogP contribution in [-0.2, 0) is 4.79 Å². The number of rotatable bonds is 3. The van der Waals surface area contributed by atoms with Gasteiger partial charge in [-0.2, -0.15) is 0 Å². The highest BCUT2D eigenvalue weighted by Gasteiger charge is 2.43. The van der Waals surface area contributed by atoms with Crippen molar-refractivity contribution < 1.29 is 14.7 Å². The molecule has 6 heteroatoms. The second-order valence-electron chi connectivity index (χ2n) is 6.18. The number of piperidine rings is 1. The number of nitrogens with zero attached hydrogens (tertiary/aromatic N) is 3. The Hall–Kier alpha value is -1.56. The van der Waals surface area contributed by atoms with E-state index in [2.05, 4.69) is 11.5 Å². The predicted octanol–water partition coefficient (Wildman–Crippen LogP) is 1.10. The Morgan fingerprint density at radius 3 is 2.43 bits per heavy atom. The molecule has 1 atom stereocenters. The summed E-state index contributed by atoms with van der Waals surface area (Å²) in [4.78, 5) is 30.0. The maximum atomic E-state index is 12.6. The minimum Gasteiger partial charge on any atom is -0.481 e. The van der Waals surface area contributed by atoms with Crippen LogP contribution < -0.4 is 0 Å². The van der Waals surface area contributed by atoms with Crippen molar-refractivity contribution in [2.45, 2.75) is 19.3 Å². The van der Waals surface area contributed by atoms with Crippen molar-refractivity contribution in [2.75, 3.05) is 46.3 Å². The first-order valence-electron chi connectivity index (χ1n) is 7.55. The molecule has 2 heterocycles. The summed E-state index contributed by atoms with van der Waals surface area (Å²) in [6.07, 6.45) is 3.41. The first kappa shape index (κ1) is 15.8. The van der Waals surface area contributed by atoms with E-state index in [1.165, 1.54) is 0 Å². The van der Waals surface area contributed by atoms with Crippen molar-refractivity contribution >= 4 is 12.0 Å². The maximum Gasteiger partial charge on any atom is 0.320 e. The van der Waals surface area contributed by atoms with Crippen molar-refractivity contribution in [1.82, 2.24) is 14.7 Å². The van der Waals surface area contributed by atoms with Crippen molar-refractivity contribution in [1.29, 1.82) is 0 Å². The lowest BCUT2D eigenvalue weighted by Crippen LogP contribution is -2.56. The molecule has 2 aliphatic rings. The molecule has 2 fully saturated rings. The Balaban J connectivity index is 2.04. The summed E-state index contributed by atoms with van der Waals surface area (Å²) in [6, 6.07) is -0.0162. The van der Waals surface area contributed by atoms with Gasteiger partial charge in [0.05, 0.1) is 5.41 Å². The van der Waals surface area contributed by atoms with Crippen LogP contribution in [0.4, 0.5) is 4.79 Å². The zero-order valence-electron chi connectivity index (χ0n) is 12.8. The van der Waals surface area contributed by atoms with E-state index in [1.54, 1.807) is 11.0 Å². The van der Waals surface area contributed by atoms with E-state index in [9.17, 15) is 14.7 Å². The highest BCUT2D eigenvalue weighted by molar-refractivity contribution is 5.79. The SMILES string of the molecule is C=CC[C@@]1(C(=O)O)CCCN(C(=O)N2CCN(C)CC2)C1. The third kappa shape index (κ3) is 3.37. The normalized spacial score (nSPS) is 27.5. The van der Waals surface area contributed by atoms with E-state index in [1.807, 2.05) is 11.9 Å². The summed E-state index contributed by atoms with van der Waals surface area (Å²) in [7, 11) is 2.04. The van der Waals surface area contributed by atoms with Gasteiger partial charge in [0.2, 0.25) is 0 Å². The largest absolute Gasteiger partial charge is 0.481 e. The molecule has 0 aliphatic carbocycles. The monoisotopic (exact) mass is 295 g/mol. The summed E-state index contributed by atoms with van der Waals surface area (Å²) in [5, 5.41) is 9.56. The van der Waals surface area contributed by atoms with E-state index in [0.29, 0.717) is 39.0 Å². The van der Waals surface area contributed by atoms with Gasteiger partial charge in [0.15, 0.2) is 0 Å². The van der Waals surface area contributed by atoms with E-state index in [-0.39, 0.29) is 6.03 Å². The van der Waals surface area contributed by atoms with Gasteiger partial charge in [-0.25, -0.2) is 4.79 Å². The standard InChI is InChI=1S/C15H25N3O3/c1-3-5-15(13(19)20)6-4-7-18(12-15)14(21)17-10-8-16(2)9-11-17/h3H,1,4-12H2,2H3,(H,19,20)/t15-/m1/s1. The fourth-order valence-corrected chi connectivity index (χ4v) is 3.20. The highest BCUT2D eigenvalue weighted by atomic mass is 16.4. The molecular formula is C15H25N3O3. The topological polar surface area (TPSA) is 64.1 Å². The molecule has 2 amide bonds. The summed E-state index contributed by atoms with van der Waals surface area (Å²) in [6.45, 7) is 7.78. The first-order valence-corrected chi connectivity index (χ1v) is 7.55. The van der Waals surface area contributed by atoms with Crippen LogP contribution in [0.2, 0.25) is 0 Å². The quantitative estimate of drug-likeness (QED) is 0.792. The molecule has 2 aliphatic heterocycles. The van der Waals surface area contributed by atoms with Crippen LogP contribution in [0.3, 0.4) is 0 Å². The number of carboxylic acid groups (broad SMARTS) is 1. The van der Waals surface area contributed by atoms with Gasteiger partial charge in [-0.3, -0.25) is 4.79 Å². The molecule has 2 rings (SSSR count). The van der Waals surface area contributed by atoms with Crippen LogP contribution in [0, 0.1) is 5.41 Å². The molecule has 0 unspecified atom stereocenters.